The molecular weight excluding hydrogens is 284 g/mol. The fourth-order valence-corrected chi connectivity index (χ4v) is 2.76. The van der Waals surface area contributed by atoms with Gasteiger partial charge < -0.3 is 4.74 Å². The molecule has 0 bridgehead atoms. The molecule has 2 atom stereocenters. The Morgan fingerprint density at radius 2 is 1.61 bits per heavy atom. The molecule has 4 rings (SSSR count). The van der Waals surface area contributed by atoms with E-state index in [0.29, 0.717) is 5.56 Å². The van der Waals surface area contributed by atoms with Gasteiger partial charge in [-0.3, -0.25) is 4.79 Å². The van der Waals surface area contributed by atoms with E-state index in [1.807, 2.05) is 84.9 Å². The summed E-state index contributed by atoms with van der Waals surface area (Å²) in [5.41, 5.74) is 1.82. The SMILES string of the molecule is O=C(c1ccc2ccccc2c1)[C@H]1O[C@@H]1/C=C/c1ccccc1. The van der Waals surface area contributed by atoms with Gasteiger partial charge in [0.05, 0.1) is 0 Å². The maximum Gasteiger partial charge on any atom is 0.194 e. The van der Waals surface area contributed by atoms with Gasteiger partial charge in [0.15, 0.2) is 11.9 Å². The van der Waals surface area contributed by atoms with Gasteiger partial charge in [0.25, 0.3) is 0 Å². The Balaban J connectivity index is 1.48. The minimum absolute atomic E-state index is 0.0541. The number of hydrogen-bond donors (Lipinski definition) is 0. The number of hydrogen-bond acceptors (Lipinski definition) is 2. The number of fused-ring (bicyclic) bond motifs is 1. The van der Waals surface area contributed by atoms with Crippen LogP contribution in [0, 0.1) is 0 Å². The first-order chi connectivity index (χ1) is 11.3. The third-order valence-corrected chi connectivity index (χ3v) is 4.10. The number of ether oxygens (including phenoxy) is 1. The van der Waals surface area contributed by atoms with Gasteiger partial charge in [0, 0.05) is 5.56 Å². The average Bonchev–Trinajstić information content (AvgIpc) is 3.39. The van der Waals surface area contributed by atoms with Crippen LogP contribution >= 0.6 is 0 Å². The molecule has 112 valence electrons. The average molecular weight is 300 g/mol. The maximum atomic E-state index is 12.5. The van der Waals surface area contributed by atoms with E-state index in [2.05, 4.69) is 0 Å². The van der Waals surface area contributed by atoms with Crippen LogP contribution in [0.25, 0.3) is 16.8 Å². The molecule has 0 aliphatic carbocycles. The van der Waals surface area contributed by atoms with Crippen molar-refractivity contribution in [3.8, 4) is 0 Å². The number of carbonyl (C=O) groups excluding carboxylic acids is 1. The molecule has 2 nitrogen and oxygen atoms in total. The van der Waals surface area contributed by atoms with Crippen molar-refractivity contribution in [1.29, 1.82) is 0 Å². The summed E-state index contributed by atoms with van der Waals surface area (Å²) in [5.74, 6) is 0.0541. The van der Waals surface area contributed by atoms with Crippen LogP contribution in [0.1, 0.15) is 15.9 Å². The van der Waals surface area contributed by atoms with Gasteiger partial charge in [-0.05, 0) is 22.4 Å². The van der Waals surface area contributed by atoms with E-state index in [0.717, 1.165) is 16.3 Å². The van der Waals surface area contributed by atoms with E-state index in [9.17, 15) is 4.79 Å². The minimum Gasteiger partial charge on any atom is -0.356 e. The summed E-state index contributed by atoms with van der Waals surface area (Å²) in [6.07, 6.45) is 3.49. The standard InChI is InChI=1S/C21H16O2/c22-20(18-12-11-16-8-4-5-9-17(16)14-18)21-19(23-21)13-10-15-6-2-1-3-7-15/h1-14,19,21H/b13-10+/t19-,21+/m1/s1. The van der Waals surface area contributed by atoms with Gasteiger partial charge in [-0.1, -0.05) is 78.9 Å². The molecule has 0 aromatic heterocycles. The zero-order valence-electron chi connectivity index (χ0n) is 12.6. The highest BCUT2D eigenvalue weighted by molar-refractivity contribution is 6.04. The van der Waals surface area contributed by atoms with E-state index < -0.39 is 0 Å². The fourth-order valence-electron chi connectivity index (χ4n) is 2.76. The molecule has 1 saturated heterocycles. The van der Waals surface area contributed by atoms with Crippen molar-refractivity contribution < 1.29 is 9.53 Å². The molecule has 1 heterocycles. The topological polar surface area (TPSA) is 29.6 Å². The second-order valence-corrected chi connectivity index (χ2v) is 5.72. The first-order valence-corrected chi connectivity index (χ1v) is 7.73. The first kappa shape index (κ1) is 13.9. The summed E-state index contributed by atoms with van der Waals surface area (Å²) >= 11 is 0. The highest BCUT2D eigenvalue weighted by Gasteiger charge is 2.43. The summed E-state index contributed by atoms with van der Waals surface area (Å²) in [6, 6.07) is 23.9. The van der Waals surface area contributed by atoms with Crippen LogP contribution < -0.4 is 0 Å². The quantitative estimate of drug-likeness (QED) is 0.524. The van der Waals surface area contributed by atoms with E-state index in [1.54, 1.807) is 0 Å². The highest BCUT2D eigenvalue weighted by Crippen LogP contribution is 2.29. The van der Waals surface area contributed by atoms with Crippen molar-refractivity contribution in [2.75, 3.05) is 0 Å². The third-order valence-electron chi connectivity index (χ3n) is 4.10. The van der Waals surface area contributed by atoms with Crippen molar-refractivity contribution in [3.63, 3.8) is 0 Å². The van der Waals surface area contributed by atoms with Gasteiger partial charge in [-0.25, -0.2) is 0 Å². The Morgan fingerprint density at radius 3 is 2.43 bits per heavy atom. The van der Waals surface area contributed by atoms with Gasteiger partial charge in [0.2, 0.25) is 0 Å². The molecule has 0 spiro atoms. The van der Waals surface area contributed by atoms with E-state index >= 15 is 0 Å². The molecule has 1 fully saturated rings. The molecule has 3 aromatic rings. The Bertz CT molecular complexity index is 880. The lowest BCUT2D eigenvalue weighted by Gasteiger charge is -2.01. The predicted molar refractivity (Wildman–Crippen MR) is 92.4 cm³/mol. The Kier molecular flexibility index (Phi) is 3.52. The zero-order valence-corrected chi connectivity index (χ0v) is 12.6. The fraction of sp³-hybridized carbons (Fsp3) is 0.0952. The van der Waals surface area contributed by atoms with E-state index in [4.69, 9.17) is 4.74 Å². The largest absolute Gasteiger partial charge is 0.356 e. The summed E-state index contributed by atoms with van der Waals surface area (Å²) in [5, 5.41) is 2.22. The maximum absolute atomic E-state index is 12.5. The lowest BCUT2D eigenvalue weighted by molar-refractivity contribution is 0.0954. The van der Waals surface area contributed by atoms with Gasteiger partial charge in [-0.15, -0.1) is 0 Å². The molecule has 1 aliphatic rings. The second-order valence-electron chi connectivity index (χ2n) is 5.72. The van der Waals surface area contributed by atoms with Crippen molar-refractivity contribution in [2.24, 2.45) is 0 Å². The molecular formula is C21H16O2. The zero-order chi connectivity index (χ0) is 15.6. The van der Waals surface area contributed by atoms with Crippen LogP contribution in [-0.2, 0) is 4.74 Å². The molecule has 0 radical (unpaired) electrons. The molecule has 0 unspecified atom stereocenters. The number of benzene rings is 3. The molecule has 0 saturated carbocycles. The Morgan fingerprint density at radius 1 is 0.870 bits per heavy atom. The number of carbonyl (C=O) groups is 1. The van der Waals surface area contributed by atoms with Crippen molar-refractivity contribution in [1.82, 2.24) is 0 Å². The minimum atomic E-state index is -0.351. The highest BCUT2D eigenvalue weighted by atomic mass is 16.6. The summed E-state index contributed by atoms with van der Waals surface area (Å²) in [7, 11) is 0. The van der Waals surface area contributed by atoms with Gasteiger partial charge in [-0.2, -0.15) is 0 Å². The molecule has 0 amide bonds. The summed E-state index contributed by atoms with van der Waals surface area (Å²) in [4.78, 5) is 12.5. The molecule has 1 aliphatic heterocycles. The Hall–Kier alpha value is -2.71. The van der Waals surface area contributed by atoms with Crippen LogP contribution in [0.4, 0.5) is 0 Å². The summed E-state index contributed by atoms with van der Waals surface area (Å²) in [6.45, 7) is 0. The van der Waals surface area contributed by atoms with Crippen LogP contribution in [0.15, 0.2) is 78.9 Å². The van der Waals surface area contributed by atoms with Crippen LogP contribution in [0.2, 0.25) is 0 Å². The summed E-state index contributed by atoms with van der Waals surface area (Å²) < 4.78 is 5.53. The number of rotatable bonds is 4. The van der Waals surface area contributed by atoms with Crippen LogP contribution in [-0.4, -0.2) is 18.0 Å². The van der Waals surface area contributed by atoms with Crippen LogP contribution in [0.5, 0.6) is 0 Å². The first-order valence-electron chi connectivity index (χ1n) is 7.73. The Labute approximate surface area is 135 Å². The second kappa shape index (κ2) is 5.82. The molecule has 2 heteroatoms. The molecule has 23 heavy (non-hydrogen) atoms. The van der Waals surface area contributed by atoms with Gasteiger partial charge in [0.1, 0.15) is 6.10 Å². The monoisotopic (exact) mass is 300 g/mol. The van der Waals surface area contributed by atoms with E-state index in [1.165, 1.54) is 0 Å². The normalized spacial score (nSPS) is 20.0. The van der Waals surface area contributed by atoms with Crippen LogP contribution in [0.3, 0.4) is 0 Å². The van der Waals surface area contributed by atoms with Gasteiger partial charge >= 0.3 is 0 Å². The van der Waals surface area contributed by atoms with Crippen molar-refractivity contribution >= 4 is 22.6 Å². The predicted octanol–water partition coefficient (Wildman–Crippen LogP) is 4.50. The van der Waals surface area contributed by atoms with E-state index in [-0.39, 0.29) is 18.0 Å². The lowest BCUT2D eigenvalue weighted by Crippen LogP contribution is -2.09. The smallest absolute Gasteiger partial charge is 0.194 e. The number of ketones is 1. The number of Topliss-reactive ketones (excluding diaryl/α,β-unsaturated/α-hetero) is 1. The lowest BCUT2D eigenvalue weighted by atomic mass is 10.0. The third kappa shape index (κ3) is 2.94. The van der Waals surface area contributed by atoms with Crippen molar-refractivity contribution in [2.45, 2.75) is 12.2 Å². The molecule has 3 aromatic carbocycles. The van der Waals surface area contributed by atoms with Crippen molar-refractivity contribution in [3.05, 3.63) is 90.0 Å². The number of epoxide rings is 1. The molecule has 0 N–H and O–H groups in total.